The number of fused-ring (bicyclic) bond motifs is 1. The van der Waals surface area contributed by atoms with Crippen LogP contribution >= 0.6 is 0 Å². The van der Waals surface area contributed by atoms with Gasteiger partial charge in [-0.3, -0.25) is 0 Å². The van der Waals surface area contributed by atoms with E-state index in [1.54, 1.807) is 0 Å². The number of aryl methyl sites for hydroxylation is 1. The second-order valence-electron chi connectivity index (χ2n) is 3.94. The number of rotatable bonds is 3. The largest absolute Gasteiger partial charge is 0.487 e. The first-order valence-corrected chi connectivity index (χ1v) is 5.44. The average Bonchev–Trinajstić information content (AvgIpc) is 2.29. The van der Waals surface area contributed by atoms with Crippen LogP contribution in [0.2, 0.25) is 0 Å². The lowest BCUT2D eigenvalue weighted by atomic mass is 10.2. The van der Waals surface area contributed by atoms with Crippen molar-refractivity contribution in [2.75, 3.05) is 6.54 Å². The molecule has 2 aromatic rings. The van der Waals surface area contributed by atoms with E-state index < -0.39 is 0 Å². The lowest BCUT2D eigenvalue weighted by Gasteiger charge is -2.14. The average molecular weight is 216 g/mol. The highest BCUT2D eigenvalue weighted by Crippen LogP contribution is 2.24. The van der Waals surface area contributed by atoms with Gasteiger partial charge in [-0.05, 0) is 26.0 Å². The molecule has 0 aliphatic heterocycles. The molecule has 3 nitrogen and oxygen atoms in total. The van der Waals surface area contributed by atoms with Crippen LogP contribution in [0.4, 0.5) is 0 Å². The van der Waals surface area contributed by atoms with E-state index >= 15 is 0 Å². The van der Waals surface area contributed by atoms with Crippen LogP contribution in [0.5, 0.6) is 5.75 Å². The molecule has 3 heteroatoms. The van der Waals surface area contributed by atoms with Gasteiger partial charge in [-0.2, -0.15) is 0 Å². The maximum Gasteiger partial charge on any atom is 0.146 e. The van der Waals surface area contributed by atoms with E-state index in [9.17, 15) is 0 Å². The Hall–Kier alpha value is -1.61. The van der Waals surface area contributed by atoms with Gasteiger partial charge in [0.05, 0.1) is 0 Å². The van der Waals surface area contributed by atoms with Crippen LogP contribution in [0.25, 0.3) is 10.9 Å². The molecule has 0 saturated heterocycles. The minimum absolute atomic E-state index is 0.00733. The Morgan fingerprint density at radius 2 is 2.12 bits per heavy atom. The summed E-state index contributed by atoms with van der Waals surface area (Å²) < 4.78 is 5.74. The normalized spacial score (nSPS) is 12.7. The first-order valence-electron chi connectivity index (χ1n) is 5.44. The van der Waals surface area contributed by atoms with Crippen LogP contribution < -0.4 is 10.5 Å². The predicted octanol–water partition coefficient (Wildman–Crippen LogP) is 2.27. The third-order valence-electron chi connectivity index (χ3n) is 2.48. The molecule has 0 amide bonds. The van der Waals surface area contributed by atoms with E-state index in [1.165, 1.54) is 0 Å². The molecule has 1 unspecified atom stereocenters. The molecular formula is C13H16N2O. The molecular weight excluding hydrogens is 200 g/mol. The number of aromatic nitrogens is 1. The molecule has 0 radical (unpaired) electrons. The second-order valence-corrected chi connectivity index (χ2v) is 3.94. The van der Waals surface area contributed by atoms with E-state index in [0.29, 0.717) is 6.54 Å². The zero-order valence-corrected chi connectivity index (χ0v) is 9.60. The van der Waals surface area contributed by atoms with Gasteiger partial charge in [-0.25, -0.2) is 4.98 Å². The minimum Gasteiger partial charge on any atom is -0.487 e. The van der Waals surface area contributed by atoms with Crippen molar-refractivity contribution in [3.8, 4) is 5.75 Å². The molecule has 0 fully saturated rings. The van der Waals surface area contributed by atoms with E-state index in [4.69, 9.17) is 10.5 Å². The Morgan fingerprint density at radius 3 is 2.88 bits per heavy atom. The zero-order chi connectivity index (χ0) is 11.5. The summed E-state index contributed by atoms with van der Waals surface area (Å²) in [6, 6.07) is 9.98. The van der Waals surface area contributed by atoms with Gasteiger partial charge in [0.2, 0.25) is 0 Å². The fraction of sp³-hybridized carbons (Fsp3) is 0.308. The number of hydrogen-bond acceptors (Lipinski definition) is 3. The quantitative estimate of drug-likeness (QED) is 0.856. The molecule has 0 spiro atoms. The number of hydrogen-bond donors (Lipinski definition) is 1. The van der Waals surface area contributed by atoms with Crippen LogP contribution in [-0.2, 0) is 0 Å². The third-order valence-corrected chi connectivity index (χ3v) is 2.48. The van der Waals surface area contributed by atoms with Gasteiger partial charge < -0.3 is 10.5 Å². The van der Waals surface area contributed by atoms with Crippen molar-refractivity contribution in [2.24, 2.45) is 5.73 Å². The van der Waals surface area contributed by atoms with E-state index in [2.05, 4.69) is 11.1 Å². The molecule has 2 N–H and O–H groups in total. The Balaban J connectivity index is 2.47. The molecule has 0 saturated carbocycles. The summed E-state index contributed by atoms with van der Waals surface area (Å²) in [7, 11) is 0. The predicted molar refractivity (Wildman–Crippen MR) is 65.6 cm³/mol. The third kappa shape index (κ3) is 2.14. The number of para-hydroxylation sites is 1. The summed E-state index contributed by atoms with van der Waals surface area (Å²) in [5, 5.41) is 1.09. The Labute approximate surface area is 95.2 Å². The monoisotopic (exact) mass is 216 g/mol. The number of pyridine rings is 1. The van der Waals surface area contributed by atoms with Gasteiger partial charge in [0.15, 0.2) is 0 Å². The van der Waals surface area contributed by atoms with Crippen molar-refractivity contribution in [3.05, 3.63) is 36.0 Å². The van der Waals surface area contributed by atoms with Crippen molar-refractivity contribution < 1.29 is 4.74 Å². The molecule has 1 aromatic carbocycles. The highest BCUT2D eigenvalue weighted by Gasteiger charge is 2.06. The van der Waals surface area contributed by atoms with Gasteiger partial charge in [-0.15, -0.1) is 0 Å². The lowest BCUT2D eigenvalue weighted by molar-refractivity contribution is 0.232. The molecule has 84 valence electrons. The van der Waals surface area contributed by atoms with Gasteiger partial charge >= 0.3 is 0 Å². The molecule has 0 aliphatic rings. The fourth-order valence-corrected chi connectivity index (χ4v) is 1.58. The smallest absolute Gasteiger partial charge is 0.146 e. The van der Waals surface area contributed by atoms with Crippen molar-refractivity contribution >= 4 is 10.9 Å². The van der Waals surface area contributed by atoms with Crippen molar-refractivity contribution in [3.63, 3.8) is 0 Å². The maximum atomic E-state index is 5.74. The molecule has 16 heavy (non-hydrogen) atoms. The number of ether oxygens (including phenoxy) is 1. The summed E-state index contributed by atoms with van der Waals surface area (Å²) in [6.07, 6.45) is 0.00733. The molecule has 1 atom stereocenters. The molecule has 2 rings (SSSR count). The Morgan fingerprint density at radius 1 is 1.31 bits per heavy atom. The van der Waals surface area contributed by atoms with Gasteiger partial charge in [-0.1, -0.05) is 18.2 Å². The van der Waals surface area contributed by atoms with Gasteiger partial charge in [0.25, 0.3) is 0 Å². The maximum absolute atomic E-state index is 5.74. The Kier molecular flexibility index (Phi) is 3.06. The van der Waals surface area contributed by atoms with Gasteiger partial charge in [0.1, 0.15) is 17.4 Å². The minimum atomic E-state index is 0.00733. The van der Waals surface area contributed by atoms with Crippen LogP contribution in [0.3, 0.4) is 0 Å². The number of nitrogens with zero attached hydrogens (tertiary/aromatic N) is 1. The first kappa shape index (κ1) is 10.9. The first-order chi connectivity index (χ1) is 7.70. The zero-order valence-electron chi connectivity index (χ0n) is 9.60. The van der Waals surface area contributed by atoms with Gasteiger partial charge in [0, 0.05) is 17.6 Å². The van der Waals surface area contributed by atoms with E-state index in [0.717, 1.165) is 22.3 Å². The van der Waals surface area contributed by atoms with Crippen molar-refractivity contribution in [1.82, 2.24) is 4.98 Å². The van der Waals surface area contributed by atoms with Crippen LogP contribution in [0.1, 0.15) is 12.6 Å². The summed E-state index contributed by atoms with van der Waals surface area (Å²) >= 11 is 0. The van der Waals surface area contributed by atoms with E-state index in [-0.39, 0.29) is 6.10 Å². The summed E-state index contributed by atoms with van der Waals surface area (Å²) in [6.45, 7) is 4.43. The summed E-state index contributed by atoms with van der Waals surface area (Å²) in [5.41, 5.74) is 7.44. The van der Waals surface area contributed by atoms with Crippen LogP contribution in [0, 0.1) is 6.92 Å². The Bertz CT molecular complexity index is 496. The topological polar surface area (TPSA) is 48.1 Å². The molecule has 1 aromatic heterocycles. The standard InChI is InChI=1S/C13H16N2O/c1-9-6-7-11-4-3-5-12(13(11)15-9)16-10(2)8-14/h3-7,10H,8,14H2,1-2H3. The lowest BCUT2D eigenvalue weighted by Crippen LogP contribution is -2.22. The molecule has 0 bridgehead atoms. The van der Waals surface area contributed by atoms with Crippen LogP contribution in [0.15, 0.2) is 30.3 Å². The molecule has 1 heterocycles. The number of nitrogens with two attached hydrogens (primary N) is 1. The number of benzene rings is 1. The van der Waals surface area contributed by atoms with Crippen LogP contribution in [-0.4, -0.2) is 17.6 Å². The van der Waals surface area contributed by atoms with Crippen molar-refractivity contribution in [2.45, 2.75) is 20.0 Å². The van der Waals surface area contributed by atoms with E-state index in [1.807, 2.05) is 38.1 Å². The summed E-state index contributed by atoms with van der Waals surface area (Å²) in [4.78, 5) is 4.50. The van der Waals surface area contributed by atoms with Crippen molar-refractivity contribution in [1.29, 1.82) is 0 Å². The summed E-state index contributed by atoms with van der Waals surface area (Å²) in [5.74, 6) is 0.805. The SMILES string of the molecule is Cc1ccc2cccc(OC(C)CN)c2n1. The highest BCUT2D eigenvalue weighted by molar-refractivity contribution is 5.84. The fourth-order valence-electron chi connectivity index (χ4n) is 1.58. The molecule has 0 aliphatic carbocycles. The second kappa shape index (κ2) is 4.49. The highest BCUT2D eigenvalue weighted by atomic mass is 16.5.